The summed E-state index contributed by atoms with van der Waals surface area (Å²) in [5.74, 6) is 0.660. The molecule has 0 fully saturated rings. The molecule has 0 aliphatic rings. The van der Waals surface area contributed by atoms with Crippen LogP contribution in [0, 0.1) is 6.92 Å². The summed E-state index contributed by atoms with van der Waals surface area (Å²) in [7, 11) is 3.18. The fraction of sp³-hybridized carbons (Fsp3) is 0.333. The first-order valence-electron chi connectivity index (χ1n) is 6.64. The quantitative estimate of drug-likeness (QED) is 0.942. The fourth-order valence-corrected chi connectivity index (χ4v) is 1.88. The first-order chi connectivity index (χ1) is 9.92. The smallest absolute Gasteiger partial charge is 0.417 e. The molecule has 0 saturated carbocycles. The molecular formula is C15H18N2O4. The zero-order chi connectivity index (χ0) is 15.6. The van der Waals surface area contributed by atoms with E-state index in [0.717, 1.165) is 5.56 Å². The van der Waals surface area contributed by atoms with Gasteiger partial charge in [0.2, 0.25) is 0 Å². The van der Waals surface area contributed by atoms with Crippen molar-refractivity contribution in [2.75, 3.05) is 14.1 Å². The Bertz CT molecular complexity index is 713. The molecule has 112 valence electrons. The molecule has 0 aliphatic carbocycles. The Labute approximate surface area is 122 Å². The summed E-state index contributed by atoms with van der Waals surface area (Å²) in [6, 6.07) is 5.08. The summed E-state index contributed by atoms with van der Waals surface area (Å²) in [4.78, 5) is 27.3. The highest BCUT2D eigenvalue weighted by atomic mass is 16.6. The van der Waals surface area contributed by atoms with Gasteiger partial charge in [-0.1, -0.05) is 6.92 Å². The normalized spacial score (nSPS) is 10.5. The van der Waals surface area contributed by atoms with Crippen molar-refractivity contribution >= 4 is 6.09 Å². The number of H-pyrrole nitrogens is 1. The number of aromatic nitrogens is 1. The van der Waals surface area contributed by atoms with Gasteiger partial charge in [-0.25, -0.2) is 4.79 Å². The molecule has 1 N–H and O–H groups in total. The molecule has 0 spiro atoms. The number of carbonyl (C=O) groups is 1. The lowest BCUT2D eigenvalue weighted by atomic mass is 10.1. The maximum Gasteiger partial charge on any atom is 0.417 e. The number of ether oxygens (including phenoxy) is 1. The van der Waals surface area contributed by atoms with Gasteiger partial charge in [0.05, 0.1) is 0 Å². The van der Waals surface area contributed by atoms with E-state index in [1.807, 2.05) is 6.92 Å². The molecule has 0 atom stereocenters. The molecule has 0 saturated heterocycles. The van der Waals surface area contributed by atoms with E-state index in [0.29, 0.717) is 23.4 Å². The molecule has 0 aliphatic heterocycles. The Morgan fingerprint density at radius 2 is 2.10 bits per heavy atom. The van der Waals surface area contributed by atoms with Crippen molar-refractivity contribution in [2.45, 2.75) is 20.3 Å². The Balaban J connectivity index is 2.33. The number of hydrogen-bond donors (Lipinski definition) is 1. The second-order valence-electron chi connectivity index (χ2n) is 4.90. The van der Waals surface area contributed by atoms with E-state index in [1.54, 1.807) is 39.2 Å². The zero-order valence-electron chi connectivity index (χ0n) is 12.5. The van der Waals surface area contributed by atoms with Gasteiger partial charge in [0.25, 0.3) is 11.5 Å². The van der Waals surface area contributed by atoms with Gasteiger partial charge in [-0.2, -0.15) is 0 Å². The average molecular weight is 290 g/mol. The molecule has 2 aromatic heterocycles. The minimum Gasteiger partial charge on any atom is -0.425 e. The maximum absolute atomic E-state index is 11.7. The molecule has 21 heavy (non-hydrogen) atoms. The Morgan fingerprint density at radius 3 is 2.71 bits per heavy atom. The van der Waals surface area contributed by atoms with Crippen molar-refractivity contribution in [3.8, 4) is 17.3 Å². The molecule has 0 radical (unpaired) electrons. The highest BCUT2D eigenvalue weighted by Crippen LogP contribution is 2.28. The average Bonchev–Trinajstić information content (AvgIpc) is 2.87. The van der Waals surface area contributed by atoms with E-state index < -0.39 is 6.09 Å². The summed E-state index contributed by atoms with van der Waals surface area (Å²) < 4.78 is 10.6. The third-order valence-corrected chi connectivity index (χ3v) is 3.10. The minimum atomic E-state index is -0.511. The van der Waals surface area contributed by atoms with E-state index in [1.165, 1.54) is 4.90 Å². The highest BCUT2D eigenvalue weighted by Gasteiger charge is 2.14. The number of rotatable bonds is 3. The molecule has 1 amide bonds. The van der Waals surface area contributed by atoms with Crippen LogP contribution < -0.4 is 10.3 Å². The van der Waals surface area contributed by atoms with Crippen LogP contribution in [0.4, 0.5) is 4.79 Å². The number of nitrogens with zero attached hydrogens (tertiary/aromatic N) is 1. The van der Waals surface area contributed by atoms with E-state index in [-0.39, 0.29) is 11.5 Å². The summed E-state index contributed by atoms with van der Waals surface area (Å²) in [6.07, 6.45) is 0.120. The summed E-state index contributed by atoms with van der Waals surface area (Å²) >= 11 is 0. The van der Waals surface area contributed by atoms with Crippen LogP contribution in [0.5, 0.6) is 5.95 Å². The van der Waals surface area contributed by atoms with Crippen LogP contribution >= 0.6 is 0 Å². The van der Waals surface area contributed by atoms with Gasteiger partial charge >= 0.3 is 6.09 Å². The molecule has 2 rings (SSSR count). The number of aryl methyl sites for hydroxylation is 2. The predicted octanol–water partition coefficient (Wildman–Crippen LogP) is 2.57. The number of amides is 1. The fourth-order valence-electron chi connectivity index (χ4n) is 1.88. The summed E-state index contributed by atoms with van der Waals surface area (Å²) in [5.41, 5.74) is 2.07. The van der Waals surface area contributed by atoms with Gasteiger partial charge in [-0.15, -0.1) is 0 Å². The zero-order valence-corrected chi connectivity index (χ0v) is 12.5. The van der Waals surface area contributed by atoms with Crippen molar-refractivity contribution in [1.82, 2.24) is 9.88 Å². The lowest BCUT2D eigenvalue weighted by Gasteiger charge is -2.08. The predicted molar refractivity (Wildman–Crippen MR) is 78.6 cm³/mol. The van der Waals surface area contributed by atoms with E-state index in [2.05, 4.69) is 4.98 Å². The van der Waals surface area contributed by atoms with Crippen molar-refractivity contribution in [3.63, 3.8) is 0 Å². The van der Waals surface area contributed by atoms with Crippen molar-refractivity contribution in [3.05, 3.63) is 39.8 Å². The first kappa shape index (κ1) is 14.9. The van der Waals surface area contributed by atoms with Crippen molar-refractivity contribution in [1.29, 1.82) is 0 Å². The van der Waals surface area contributed by atoms with Gasteiger partial charge in [0.15, 0.2) is 0 Å². The van der Waals surface area contributed by atoms with Gasteiger partial charge in [-0.05, 0) is 25.5 Å². The standard InChI is InChI=1S/C15H18N2O4/c1-5-10-8-11(9(2)16-14(10)18)12-6-7-13(20-12)21-15(19)17(3)4/h6-8H,5H2,1-4H3,(H,16,18). The van der Waals surface area contributed by atoms with Gasteiger partial charge in [0, 0.05) is 37.0 Å². The van der Waals surface area contributed by atoms with E-state index in [4.69, 9.17) is 9.15 Å². The third kappa shape index (κ3) is 3.16. The van der Waals surface area contributed by atoms with Crippen LogP contribution in [0.1, 0.15) is 18.2 Å². The number of nitrogens with one attached hydrogen (secondary N) is 1. The number of furan rings is 1. The number of carbonyl (C=O) groups excluding carboxylic acids is 1. The van der Waals surface area contributed by atoms with Crippen LogP contribution in [0.3, 0.4) is 0 Å². The second-order valence-corrected chi connectivity index (χ2v) is 4.90. The topological polar surface area (TPSA) is 75.5 Å². The number of hydrogen-bond acceptors (Lipinski definition) is 4. The number of pyridine rings is 1. The summed E-state index contributed by atoms with van der Waals surface area (Å²) in [5, 5.41) is 0. The molecule has 6 nitrogen and oxygen atoms in total. The molecule has 0 aromatic carbocycles. The van der Waals surface area contributed by atoms with Gasteiger partial charge < -0.3 is 19.0 Å². The largest absolute Gasteiger partial charge is 0.425 e. The van der Waals surface area contributed by atoms with E-state index in [9.17, 15) is 9.59 Å². The van der Waals surface area contributed by atoms with Crippen LogP contribution in [0.2, 0.25) is 0 Å². The van der Waals surface area contributed by atoms with Crippen molar-refractivity contribution < 1.29 is 13.9 Å². The van der Waals surface area contributed by atoms with Gasteiger partial charge in [0.1, 0.15) is 5.76 Å². The molecular weight excluding hydrogens is 272 g/mol. The lowest BCUT2D eigenvalue weighted by molar-refractivity contribution is 0.160. The first-order valence-corrected chi connectivity index (χ1v) is 6.64. The Morgan fingerprint density at radius 1 is 1.38 bits per heavy atom. The number of aromatic amines is 1. The van der Waals surface area contributed by atoms with Crippen LogP contribution in [0.25, 0.3) is 11.3 Å². The summed E-state index contributed by atoms with van der Waals surface area (Å²) in [6.45, 7) is 3.71. The van der Waals surface area contributed by atoms with E-state index >= 15 is 0 Å². The molecule has 6 heteroatoms. The highest BCUT2D eigenvalue weighted by molar-refractivity contribution is 5.70. The molecule has 0 bridgehead atoms. The second kappa shape index (κ2) is 5.87. The monoisotopic (exact) mass is 290 g/mol. The van der Waals surface area contributed by atoms with Gasteiger partial charge in [-0.3, -0.25) is 4.79 Å². The maximum atomic E-state index is 11.7. The van der Waals surface area contributed by atoms with Crippen LogP contribution in [-0.2, 0) is 6.42 Å². The SMILES string of the molecule is CCc1cc(-c2ccc(OC(=O)N(C)C)o2)c(C)[nH]c1=O. The Kier molecular flexibility index (Phi) is 4.16. The van der Waals surface area contributed by atoms with Crippen LogP contribution in [0.15, 0.2) is 27.4 Å². The Hall–Kier alpha value is -2.50. The molecule has 2 aromatic rings. The minimum absolute atomic E-state index is 0.0930. The molecule has 0 unspecified atom stereocenters. The lowest BCUT2D eigenvalue weighted by Crippen LogP contribution is -2.25. The third-order valence-electron chi connectivity index (χ3n) is 3.10. The van der Waals surface area contributed by atoms with Crippen molar-refractivity contribution in [2.24, 2.45) is 0 Å². The molecule has 2 heterocycles. The van der Waals surface area contributed by atoms with Crippen LogP contribution in [-0.4, -0.2) is 30.1 Å².